The molecular formula is C20H25N5O4S. The molecule has 3 aliphatic rings. The smallest absolute Gasteiger partial charge is 0.407 e. The summed E-state index contributed by atoms with van der Waals surface area (Å²) in [5, 5.41) is 15.8. The minimum absolute atomic E-state index is 0.161. The summed E-state index contributed by atoms with van der Waals surface area (Å²) in [6.45, 7) is 0.722. The van der Waals surface area contributed by atoms with Crippen molar-refractivity contribution in [2.24, 2.45) is 0 Å². The Balaban J connectivity index is 1.21. The van der Waals surface area contributed by atoms with Gasteiger partial charge in [0.15, 0.2) is 6.10 Å². The molecule has 3 fully saturated rings. The van der Waals surface area contributed by atoms with Crippen LogP contribution < -0.4 is 5.32 Å². The summed E-state index contributed by atoms with van der Waals surface area (Å²) in [5.41, 5.74) is 0. The Morgan fingerprint density at radius 2 is 1.90 bits per heavy atom. The molecule has 0 spiro atoms. The SMILES string of the molecule is O=C(NC1CCCCC1)OC1COC2C1OCC2n1nnnc1Sc1ccccc1. The van der Waals surface area contributed by atoms with Crippen LogP contribution in [0.4, 0.5) is 4.79 Å². The number of carbonyl (C=O) groups is 1. The minimum Gasteiger partial charge on any atom is -0.441 e. The van der Waals surface area contributed by atoms with Crippen molar-refractivity contribution in [3.8, 4) is 0 Å². The molecule has 1 aromatic carbocycles. The van der Waals surface area contributed by atoms with Crippen molar-refractivity contribution in [3.63, 3.8) is 0 Å². The Kier molecular flexibility index (Phi) is 5.87. The fourth-order valence-electron chi connectivity index (χ4n) is 4.39. The average Bonchev–Trinajstić information content (AvgIpc) is 3.47. The normalized spacial score (nSPS) is 28.9. The standard InChI is InChI=1S/C20H25N5O4S/c26-20(21-13-7-3-1-4-8-13)29-16-12-28-17-15(11-27-18(16)17)25-19(22-23-24-25)30-14-9-5-2-6-10-14/h2,5-6,9-10,13,15-18H,1,3-4,7-8,11-12H2,(H,21,26). The Morgan fingerprint density at radius 3 is 2.73 bits per heavy atom. The lowest BCUT2D eigenvalue weighted by molar-refractivity contribution is 0.00152. The Labute approximate surface area is 178 Å². The van der Waals surface area contributed by atoms with Crippen LogP contribution in [0.5, 0.6) is 0 Å². The zero-order valence-corrected chi connectivity index (χ0v) is 17.4. The number of hydrogen-bond acceptors (Lipinski definition) is 8. The third kappa shape index (κ3) is 4.17. The second-order valence-electron chi connectivity index (χ2n) is 7.91. The number of nitrogens with one attached hydrogen (secondary N) is 1. The summed E-state index contributed by atoms with van der Waals surface area (Å²) in [5.74, 6) is 0. The number of amides is 1. The molecule has 0 radical (unpaired) electrons. The molecule has 30 heavy (non-hydrogen) atoms. The van der Waals surface area contributed by atoms with Crippen molar-refractivity contribution < 1.29 is 19.0 Å². The fraction of sp³-hybridized carbons (Fsp3) is 0.600. The molecule has 1 amide bonds. The van der Waals surface area contributed by atoms with Crippen molar-refractivity contribution in [1.29, 1.82) is 0 Å². The van der Waals surface area contributed by atoms with Crippen molar-refractivity contribution in [2.45, 2.75) is 72.6 Å². The number of tetrazole rings is 1. The molecule has 1 aromatic heterocycles. The van der Waals surface area contributed by atoms with E-state index in [1.807, 2.05) is 30.3 Å². The van der Waals surface area contributed by atoms with E-state index in [9.17, 15) is 4.79 Å². The van der Waals surface area contributed by atoms with Gasteiger partial charge in [0, 0.05) is 10.9 Å². The van der Waals surface area contributed by atoms with Crippen molar-refractivity contribution in [2.75, 3.05) is 13.2 Å². The van der Waals surface area contributed by atoms with Crippen LogP contribution in [0, 0.1) is 0 Å². The van der Waals surface area contributed by atoms with Crippen LogP contribution in [-0.4, -0.2) is 63.9 Å². The van der Waals surface area contributed by atoms with E-state index in [4.69, 9.17) is 14.2 Å². The number of fused-ring (bicyclic) bond motifs is 1. The molecule has 4 atom stereocenters. The van der Waals surface area contributed by atoms with Crippen LogP contribution in [0.15, 0.2) is 40.4 Å². The highest BCUT2D eigenvalue weighted by Gasteiger charge is 2.51. The molecule has 10 heteroatoms. The molecule has 5 rings (SSSR count). The molecule has 1 saturated carbocycles. The van der Waals surface area contributed by atoms with E-state index in [1.165, 1.54) is 18.2 Å². The third-order valence-electron chi connectivity index (χ3n) is 5.90. The molecular weight excluding hydrogens is 406 g/mol. The lowest BCUT2D eigenvalue weighted by Crippen LogP contribution is -2.41. The molecule has 2 aliphatic heterocycles. The van der Waals surface area contributed by atoms with Gasteiger partial charge in [-0.2, -0.15) is 0 Å². The predicted molar refractivity (Wildman–Crippen MR) is 107 cm³/mol. The van der Waals surface area contributed by atoms with Crippen molar-refractivity contribution in [1.82, 2.24) is 25.5 Å². The van der Waals surface area contributed by atoms with Gasteiger partial charge in [0.2, 0.25) is 5.16 Å². The first-order chi connectivity index (χ1) is 14.8. The third-order valence-corrected chi connectivity index (χ3v) is 6.86. The van der Waals surface area contributed by atoms with E-state index in [2.05, 4.69) is 20.8 Å². The van der Waals surface area contributed by atoms with Gasteiger partial charge in [0.05, 0.1) is 13.2 Å². The van der Waals surface area contributed by atoms with Gasteiger partial charge in [-0.15, -0.1) is 5.10 Å². The number of nitrogens with zero attached hydrogens (tertiary/aromatic N) is 4. The lowest BCUT2D eigenvalue weighted by atomic mass is 9.96. The van der Waals surface area contributed by atoms with E-state index in [0.29, 0.717) is 18.4 Å². The molecule has 3 heterocycles. The van der Waals surface area contributed by atoms with Gasteiger partial charge in [0.1, 0.15) is 18.2 Å². The maximum Gasteiger partial charge on any atom is 0.407 e. The number of rotatable bonds is 5. The van der Waals surface area contributed by atoms with Gasteiger partial charge in [-0.1, -0.05) is 37.5 Å². The van der Waals surface area contributed by atoms with E-state index >= 15 is 0 Å². The first-order valence-corrected chi connectivity index (χ1v) is 11.3. The number of alkyl carbamates (subject to hydrolysis) is 1. The Morgan fingerprint density at radius 1 is 1.10 bits per heavy atom. The second-order valence-corrected chi connectivity index (χ2v) is 8.95. The van der Waals surface area contributed by atoms with Crippen LogP contribution in [0.25, 0.3) is 0 Å². The van der Waals surface area contributed by atoms with Gasteiger partial charge in [-0.25, -0.2) is 9.48 Å². The molecule has 0 bridgehead atoms. The van der Waals surface area contributed by atoms with Gasteiger partial charge >= 0.3 is 6.09 Å². The number of carbonyl (C=O) groups excluding carboxylic acids is 1. The number of ether oxygens (including phenoxy) is 3. The average molecular weight is 432 g/mol. The predicted octanol–water partition coefficient (Wildman–Crippen LogP) is 2.59. The molecule has 2 saturated heterocycles. The first kappa shape index (κ1) is 19.8. The highest BCUT2D eigenvalue weighted by molar-refractivity contribution is 7.99. The van der Waals surface area contributed by atoms with E-state index in [0.717, 1.165) is 30.6 Å². The maximum atomic E-state index is 12.3. The van der Waals surface area contributed by atoms with Gasteiger partial charge < -0.3 is 19.5 Å². The molecule has 1 N–H and O–H groups in total. The molecule has 4 unspecified atom stereocenters. The highest BCUT2D eigenvalue weighted by Crippen LogP contribution is 2.37. The van der Waals surface area contributed by atoms with Crippen LogP contribution >= 0.6 is 11.8 Å². The van der Waals surface area contributed by atoms with Gasteiger partial charge in [-0.05, 0) is 47.2 Å². The van der Waals surface area contributed by atoms with Gasteiger partial charge in [-0.3, -0.25) is 0 Å². The summed E-state index contributed by atoms with van der Waals surface area (Å²) < 4.78 is 19.3. The van der Waals surface area contributed by atoms with E-state index in [1.54, 1.807) is 4.68 Å². The maximum absolute atomic E-state index is 12.3. The van der Waals surface area contributed by atoms with Crippen LogP contribution in [-0.2, 0) is 14.2 Å². The van der Waals surface area contributed by atoms with E-state index in [-0.39, 0.29) is 30.4 Å². The summed E-state index contributed by atoms with van der Waals surface area (Å²) in [7, 11) is 0. The quantitative estimate of drug-likeness (QED) is 0.771. The largest absolute Gasteiger partial charge is 0.441 e. The van der Waals surface area contributed by atoms with E-state index < -0.39 is 6.10 Å². The minimum atomic E-state index is -0.426. The monoisotopic (exact) mass is 431 g/mol. The Bertz CT molecular complexity index is 860. The van der Waals surface area contributed by atoms with Crippen LogP contribution in [0.1, 0.15) is 38.1 Å². The molecule has 2 aromatic rings. The second kappa shape index (κ2) is 8.91. The van der Waals surface area contributed by atoms with Gasteiger partial charge in [0.25, 0.3) is 0 Å². The number of benzene rings is 1. The lowest BCUT2D eigenvalue weighted by Gasteiger charge is -2.24. The molecule has 160 valence electrons. The summed E-state index contributed by atoms with van der Waals surface area (Å²) >= 11 is 1.49. The Hall–Kier alpha value is -2.17. The number of aromatic nitrogens is 4. The summed E-state index contributed by atoms with van der Waals surface area (Å²) in [4.78, 5) is 13.4. The molecule has 1 aliphatic carbocycles. The zero-order valence-electron chi connectivity index (χ0n) is 16.6. The topological polar surface area (TPSA) is 100 Å². The summed E-state index contributed by atoms with van der Waals surface area (Å²) in [6.07, 6.45) is 4.21. The fourth-order valence-corrected chi connectivity index (χ4v) is 5.24. The van der Waals surface area contributed by atoms with Crippen LogP contribution in [0.2, 0.25) is 0 Å². The van der Waals surface area contributed by atoms with Crippen LogP contribution in [0.3, 0.4) is 0 Å². The first-order valence-electron chi connectivity index (χ1n) is 10.5. The van der Waals surface area contributed by atoms with Crippen molar-refractivity contribution >= 4 is 17.9 Å². The van der Waals surface area contributed by atoms with Crippen molar-refractivity contribution in [3.05, 3.63) is 30.3 Å². The molecule has 9 nitrogen and oxygen atoms in total. The highest BCUT2D eigenvalue weighted by atomic mass is 32.2. The zero-order chi connectivity index (χ0) is 20.3. The number of hydrogen-bond donors (Lipinski definition) is 1. The summed E-state index contributed by atoms with van der Waals surface area (Å²) in [6, 6.07) is 10.00.